The number of nitrogens with one attached hydrogen (secondary N) is 1. The third-order valence-electron chi connectivity index (χ3n) is 2.43. The van der Waals surface area contributed by atoms with E-state index < -0.39 is 0 Å². The van der Waals surface area contributed by atoms with Crippen LogP contribution in [0.25, 0.3) is 0 Å². The molecule has 0 spiro atoms. The standard InChI is InChI=1S/C11H15NOS/c1-13-10-4-2-3-5-11(10)14-8-9-6-7-12-9/h2-5,9,12H,6-8H2,1H3. The van der Waals surface area contributed by atoms with E-state index in [1.165, 1.54) is 17.9 Å². The van der Waals surface area contributed by atoms with Gasteiger partial charge in [-0.05, 0) is 25.1 Å². The van der Waals surface area contributed by atoms with Crippen molar-refractivity contribution in [3.05, 3.63) is 24.3 Å². The Hall–Kier alpha value is -0.670. The molecule has 1 aliphatic rings. The topological polar surface area (TPSA) is 21.3 Å². The van der Waals surface area contributed by atoms with Crippen molar-refractivity contribution in [2.75, 3.05) is 19.4 Å². The summed E-state index contributed by atoms with van der Waals surface area (Å²) in [6, 6.07) is 8.88. The molecule has 0 aromatic heterocycles. The minimum atomic E-state index is 0.699. The SMILES string of the molecule is COc1ccccc1SCC1CCN1. The van der Waals surface area contributed by atoms with Crippen LogP contribution in [-0.4, -0.2) is 25.4 Å². The van der Waals surface area contributed by atoms with Gasteiger partial charge in [0, 0.05) is 16.7 Å². The lowest BCUT2D eigenvalue weighted by molar-refractivity contribution is 0.401. The molecule has 1 unspecified atom stereocenters. The van der Waals surface area contributed by atoms with Crippen LogP contribution >= 0.6 is 11.8 Å². The predicted octanol–water partition coefficient (Wildman–Crippen LogP) is 2.15. The molecule has 3 heteroatoms. The van der Waals surface area contributed by atoms with E-state index in [2.05, 4.69) is 17.4 Å². The zero-order chi connectivity index (χ0) is 9.80. The first-order valence-corrected chi connectivity index (χ1v) is 5.88. The predicted molar refractivity (Wildman–Crippen MR) is 60.1 cm³/mol. The third kappa shape index (κ3) is 2.22. The first-order valence-electron chi connectivity index (χ1n) is 4.89. The molecular formula is C11H15NOS. The fraction of sp³-hybridized carbons (Fsp3) is 0.455. The summed E-state index contributed by atoms with van der Waals surface area (Å²) in [4.78, 5) is 1.24. The smallest absolute Gasteiger partial charge is 0.132 e. The molecule has 14 heavy (non-hydrogen) atoms. The average molecular weight is 209 g/mol. The molecule has 2 nitrogen and oxygen atoms in total. The molecule has 1 fully saturated rings. The molecule has 0 radical (unpaired) electrons. The highest BCUT2D eigenvalue weighted by molar-refractivity contribution is 7.99. The second kappa shape index (κ2) is 4.71. The van der Waals surface area contributed by atoms with Gasteiger partial charge in [0.2, 0.25) is 0 Å². The van der Waals surface area contributed by atoms with Crippen LogP contribution in [0.3, 0.4) is 0 Å². The fourth-order valence-corrected chi connectivity index (χ4v) is 2.55. The Morgan fingerprint density at radius 1 is 1.50 bits per heavy atom. The van der Waals surface area contributed by atoms with Gasteiger partial charge in [0.25, 0.3) is 0 Å². The Labute approximate surface area is 89.0 Å². The van der Waals surface area contributed by atoms with Crippen LogP contribution in [0, 0.1) is 0 Å². The van der Waals surface area contributed by atoms with Gasteiger partial charge in [-0.15, -0.1) is 11.8 Å². The molecule has 0 bridgehead atoms. The number of methoxy groups -OCH3 is 1. The van der Waals surface area contributed by atoms with Crippen LogP contribution in [0.2, 0.25) is 0 Å². The summed E-state index contributed by atoms with van der Waals surface area (Å²) < 4.78 is 5.29. The highest BCUT2D eigenvalue weighted by Gasteiger charge is 2.16. The minimum Gasteiger partial charge on any atom is -0.496 e. The number of ether oxygens (including phenoxy) is 1. The van der Waals surface area contributed by atoms with Gasteiger partial charge < -0.3 is 10.1 Å². The van der Waals surface area contributed by atoms with Crippen LogP contribution < -0.4 is 10.1 Å². The van der Waals surface area contributed by atoms with E-state index in [4.69, 9.17) is 4.74 Å². The number of thioether (sulfide) groups is 1. The molecule has 1 atom stereocenters. The van der Waals surface area contributed by atoms with E-state index >= 15 is 0 Å². The van der Waals surface area contributed by atoms with E-state index in [0.717, 1.165) is 11.5 Å². The number of hydrogen-bond donors (Lipinski definition) is 1. The van der Waals surface area contributed by atoms with Crippen molar-refractivity contribution in [1.29, 1.82) is 0 Å². The van der Waals surface area contributed by atoms with Crippen molar-refractivity contribution in [2.45, 2.75) is 17.4 Å². The lowest BCUT2D eigenvalue weighted by Crippen LogP contribution is -2.44. The lowest BCUT2D eigenvalue weighted by Gasteiger charge is -2.27. The Morgan fingerprint density at radius 3 is 2.93 bits per heavy atom. The van der Waals surface area contributed by atoms with E-state index in [-0.39, 0.29) is 0 Å². The second-order valence-electron chi connectivity index (χ2n) is 3.40. The molecule has 76 valence electrons. The fourth-order valence-electron chi connectivity index (χ4n) is 1.42. The van der Waals surface area contributed by atoms with Crippen molar-refractivity contribution >= 4 is 11.8 Å². The Morgan fingerprint density at radius 2 is 2.29 bits per heavy atom. The Bertz CT molecular complexity index is 299. The summed E-state index contributed by atoms with van der Waals surface area (Å²) in [5.74, 6) is 2.12. The van der Waals surface area contributed by atoms with Gasteiger partial charge in [-0.25, -0.2) is 0 Å². The summed E-state index contributed by atoms with van der Waals surface area (Å²) in [6.07, 6.45) is 1.31. The summed E-state index contributed by atoms with van der Waals surface area (Å²) in [6.45, 7) is 1.18. The van der Waals surface area contributed by atoms with Gasteiger partial charge in [0.15, 0.2) is 0 Å². The van der Waals surface area contributed by atoms with Crippen LogP contribution in [0.4, 0.5) is 0 Å². The van der Waals surface area contributed by atoms with E-state index in [1.807, 2.05) is 23.9 Å². The zero-order valence-electron chi connectivity index (χ0n) is 8.32. The average Bonchev–Trinajstić information content (AvgIpc) is 2.16. The number of rotatable bonds is 4. The van der Waals surface area contributed by atoms with E-state index in [1.54, 1.807) is 7.11 Å². The van der Waals surface area contributed by atoms with Gasteiger partial charge in [-0.1, -0.05) is 12.1 Å². The van der Waals surface area contributed by atoms with Crippen molar-refractivity contribution in [1.82, 2.24) is 5.32 Å². The monoisotopic (exact) mass is 209 g/mol. The third-order valence-corrected chi connectivity index (χ3v) is 3.65. The number of para-hydroxylation sites is 1. The summed E-state index contributed by atoms with van der Waals surface area (Å²) in [5.41, 5.74) is 0. The van der Waals surface area contributed by atoms with Gasteiger partial charge in [0.1, 0.15) is 5.75 Å². The highest BCUT2D eigenvalue weighted by atomic mass is 32.2. The van der Waals surface area contributed by atoms with Crippen molar-refractivity contribution in [3.8, 4) is 5.75 Å². The quantitative estimate of drug-likeness (QED) is 0.768. The lowest BCUT2D eigenvalue weighted by atomic mass is 10.1. The molecule has 0 aliphatic carbocycles. The first-order chi connectivity index (χ1) is 6.90. The first kappa shape index (κ1) is 9.87. The summed E-state index contributed by atoms with van der Waals surface area (Å²) in [5, 5.41) is 3.39. The maximum atomic E-state index is 5.29. The number of hydrogen-bond acceptors (Lipinski definition) is 3. The van der Waals surface area contributed by atoms with Crippen molar-refractivity contribution < 1.29 is 4.74 Å². The molecular weight excluding hydrogens is 194 g/mol. The molecule has 1 aromatic carbocycles. The van der Waals surface area contributed by atoms with Crippen LogP contribution in [0.5, 0.6) is 5.75 Å². The summed E-state index contributed by atoms with van der Waals surface area (Å²) >= 11 is 1.87. The van der Waals surface area contributed by atoms with Gasteiger partial charge in [-0.3, -0.25) is 0 Å². The molecule has 0 amide bonds. The van der Waals surface area contributed by atoms with Crippen LogP contribution in [0.1, 0.15) is 6.42 Å². The largest absolute Gasteiger partial charge is 0.496 e. The molecule has 1 aliphatic heterocycles. The van der Waals surface area contributed by atoms with Crippen LogP contribution in [0.15, 0.2) is 29.2 Å². The van der Waals surface area contributed by atoms with Gasteiger partial charge in [-0.2, -0.15) is 0 Å². The van der Waals surface area contributed by atoms with Crippen molar-refractivity contribution in [3.63, 3.8) is 0 Å². The van der Waals surface area contributed by atoms with Gasteiger partial charge >= 0.3 is 0 Å². The second-order valence-corrected chi connectivity index (χ2v) is 4.46. The Balaban J connectivity index is 1.93. The summed E-state index contributed by atoms with van der Waals surface area (Å²) in [7, 11) is 1.72. The van der Waals surface area contributed by atoms with E-state index in [0.29, 0.717) is 6.04 Å². The minimum absolute atomic E-state index is 0.699. The Kier molecular flexibility index (Phi) is 3.32. The molecule has 0 saturated carbocycles. The highest BCUT2D eigenvalue weighted by Crippen LogP contribution is 2.29. The number of benzene rings is 1. The van der Waals surface area contributed by atoms with Crippen LogP contribution in [-0.2, 0) is 0 Å². The van der Waals surface area contributed by atoms with E-state index in [9.17, 15) is 0 Å². The van der Waals surface area contributed by atoms with Crippen molar-refractivity contribution in [2.24, 2.45) is 0 Å². The maximum Gasteiger partial charge on any atom is 0.132 e. The molecule has 2 rings (SSSR count). The molecule has 1 heterocycles. The molecule has 1 saturated heterocycles. The zero-order valence-corrected chi connectivity index (χ0v) is 9.14. The molecule has 1 N–H and O–H groups in total. The van der Waals surface area contributed by atoms with Gasteiger partial charge in [0.05, 0.1) is 7.11 Å². The normalized spacial score (nSPS) is 20.2. The molecule has 1 aromatic rings. The maximum absolute atomic E-state index is 5.29.